The number of aromatic nitrogens is 1. The summed E-state index contributed by atoms with van der Waals surface area (Å²) in [5.41, 5.74) is 2.04. The third-order valence-corrected chi connectivity index (χ3v) is 4.90. The van der Waals surface area contributed by atoms with Crippen LogP contribution in [0.3, 0.4) is 0 Å². The second kappa shape index (κ2) is 8.15. The van der Waals surface area contributed by atoms with Gasteiger partial charge in [0.1, 0.15) is 5.84 Å². The van der Waals surface area contributed by atoms with Crippen molar-refractivity contribution in [2.24, 2.45) is 11.1 Å². The summed E-state index contributed by atoms with van der Waals surface area (Å²) in [5.74, 6) is 1.68. The molecule has 1 aliphatic rings. The van der Waals surface area contributed by atoms with Crippen molar-refractivity contribution in [2.75, 3.05) is 5.32 Å². The van der Waals surface area contributed by atoms with Crippen molar-refractivity contribution >= 4 is 23.1 Å². The van der Waals surface area contributed by atoms with E-state index in [-0.39, 0.29) is 0 Å². The van der Waals surface area contributed by atoms with E-state index in [0.717, 1.165) is 37.8 Å². The van der Waals surface area contributed by atoms with Gasteiger partial charge in [-0.2, -0.15) is 0 Å². The van der Waals surface area contributed by atoms with E-state index in [2.05, 4.69) is 27.6 Å². The molecule has 1 saturated carbocycles. The number of nitrogens with zero attached hydrogens (tertiary/aromatic N) is 2. The maximum absolute atomic E-state index is 9.30. The van der Waals surface area contributed by atoms with Gasteiger partial charge in [0.2, 0.25) is 0 Å². The molecule has 5 heteroatoms. The molecule has 3 rings (SSSR count). The van der Waals surface area contributed by atoms with E-state index in [1.54, 1.807) is 0 Å². The number of oxime groups is 1. The Morgan fingerprint density at radius 2 is 2.00 bits per heavy atom. The summed E-state index contributed by atoms with van der Waals surface area (Å²) in [6, 6.07) is 13.6. The highest BCUT2D eigenvalue weighted by molar-refractivity contribution is 6.30. The van der Waals surface area contributed by atoms with E-state index in [0.29, 0.717) is 22.7 Å². The Morgan fingerprint density at radius 3 is 2.67 bits per heavy atom. The first-order valence-electron chi connectivity index (χ1n) is 8.39. The van der Waals surface area contributed by atoms with Crippen molar-refractivity contribution < 1.29 is 5.21 Å². The van der Waals surface area contributed by atoms with Gasteiger partial charge in [0.05, 0.1) is 0 Å². The van der Waals surface area contributed by atoms with Gasteiger partial charge in [0, 0.05) is 34.9 Å². The molecule has 0 spiro atoms. The van der Waals surface area contributed by atoms with Crippen LogP contribution in [0.25, 0.3) is 0 Å². The number of anilines is 1. The topological polar surface area (TPSA) is 57.5 Å². The SMILES string of the molecule is O/N=C(/C[C@H]1CC[C@H](c2ccccn2)CC1)Nc1cccc(Cl)c1. The average Bonchev–Trinajstić information content (AvgIpc) is 2.62. The number of benzene rings is 1. The Labute approximate surface area is 147 Å². The van der Waals surface area contributed by atoms with Gasteiger partial charge in [-0.3, -0.25) is 4.98 Å². The van der Waals surface area contributed by atoms with Crippen LogP contribution in [0.5, 0.6) is 0 Å². The predicted molar refractivity (Wildman–Crippen MR) is 97.8 cm³/mol. The molecule has 1 fully saturated rings. The lowest BCUT2D eigenvalue weighted by Crippen LogP contribution is -2.21. The van der Waals surface area contributed by atoms with E-state index < -0.39 is 0 Å². The van der Waals surface area contributed by atoms with Crippen LogP contribution in [-0.4, -0.2) is 16.0 Å². The molecule has 0 unspecified atom stereocenters. The van der Waals surface area contributed by atoms with E-state index >= 15 is 0 Å². The summed E-state index contributed by atoms with van der Waals surface area (Å²) in [6.07, 6.45) is 7.13. The van der Waals surface area contributed by atoms with Crippen molar-refractivity contribution in [3.8, 4) is 0 Å². The van der Waals surface area contributed by atoms with Gasteiger partial charge in [0.15, 0.2) is 0 Å². The standard InChI is InChI=1S/C19H22ClN3O/c20-16-4-3-5-17(13-16)22-19(23-24)12-14-7-9-15(10-8-14)18-6-1-2-11-21-18/h1-6,11,13-15,24H,7-10,12H2,(H,22,23)/t14-,15-. The second-order valence-corrected chi connectivity index (χ2v) is 6.79. The minimum atomic E-state index is 0.530. The zero-order valence-electron chi connectivity index (χ0n) is 13.5. The molecule has 1 aliphatic carbocycles. The van der Waals surface area contributed by atoms with Crippen molar-refractivity contribution in [1.29, 1.82) is 0 Å². The minimum Gasteiger partial charge on any atom is -0.409 e. The van der Waals surface area contributed by atoms with Gasteiger partial charge in [-0.05, 0) is 61.9 Å². The highest BCUT2D eigenvalue weighted by Crippen LogP contribution is 2.36. The van der Waals surface area contributed by atoms with E-state index in [1.807, 2.05) is 36.5 Å². The van der Waals surface area contributed by atoms with E-state index in [1.165, 1.54) is 5.69 Å². The van der Waals surface area contributed by atoms with Gasteiger partial charge in [-0.15, -0.1) is 0 Å². The second-order valence-electron chi connectivity index (χ2n) is 6.36. The van der Waals surface area contributed by atoms with Crippen LogP contribution >= 0.6 is 11.6 Å². The molecule has 0 atom stereocenters. The summed E-state index contributed by atoms with van der Waals surface area (Å²) in [6.45, 7) is 0. The van der Waals surface area contributed by atoms with Gasteiger partial charge in [-0.1, -0.05) is 28.9 Å². The molecule has 0 saturated heterocycles. The quantitative estimate of drug-likeness (QED) is 0.343. The Morgan fingerprint density at radius 1 is 1.17 bits per heavy atom. The molecule has 2 aromatic rings. The lowest BCUT2D eigenvalue weighted by Gasteiger charge is -2.28. The molecule has 1 heterocycles. The zero-order chi connectivity index (χ0) is 16.8. The Kier molecular flexibility index (Phi) is 5.70. The van der Waals surface area contributed by atoms with Crippen molar-refractivity contribution in [1.82, 2.24) is 4.98 Å². The first kappa shape index (κ1) is 16.8. The number of halogens is 1. The molecule has 4 nitrogen and oxygen atoms in total. The Balaban J connectivity index is 1.53. The minimum absolute atomic E-state index is 0.530. The Hall–Kier alpha value is -2.07. The third kappa shape index (κ3) is 4.48. The summed E-state index contributed by atoms with van der Waals surface area (Å²) >= 11 is 5.99. The molecule has 1 aromatic heterocycles. The fourth-order valence-corrected chi connectivity index (χ4v) is 3.59. The lowest BCUT2D eigenvalue weighted by molar-refractivity contribution is 0.305. The molecule has 0 aliphatic heterocycles. The fourth-order valence-electron chi connectivity index (χ4n) is 3.40. The number of nitrogens with one attached hydrogen (secondary N) is 1. The van der Waals surface area contributed by atoms with Crippen LogP contribution < -0.4 is 5.32 Å². The van der Waals surface area contributed by atoms with Crippen LogP contribution in [-0.2, 0) is 0 Å². The number of rotatable bonds is 4. The van der Waals surface area contributed by atoms with Crippen molar-refractivity contribution in [3.63, 3.8) is 0 Å². The summed E-state index contributed by atoms with van der Waals surface area (Å²) in [4.78, 5) is 4.48. The smallest absolute Gasteiger partial charge is 0.146 e. The van der Waals surface area contributed by atoms with Crippen LogP contribution in [0.4, 0.5) is 5.69 Å². The van der Waals surface area contributed by atoms with E-state index in [9.17, 15) is 5.21 Å². The first-order chi connectivity index (χ1) is 11.7. The maximum atomic E-state index is 9.30. The molecular weight excluding hydrogens is 322 g/mol. The van der Waals surface area contributed by atoms with Crippen LogP contribution in [0.15, 0.2) is 53.8 Å². The Bertz CT molecular complexity index is 682. The third-order valence-electron chi connectivity index (χ3n) is 4.67. The zero-order valence-corrected chi connectivity index (χ0v) is 14.3. The normalized spacial score (nSPS) is 21.5. The van der Waals surface area contributed by atoms with Gasteiger partial charge in [-0.25, -0.2) is 0 Å². The monoisotopic (exact) mass is 343 g/mol. The summed E-state index contributed by atoms with van der Waals surface area (Å²) in [7, 11) is 0. The van der Waals surface area contributed by atoms with Crippen LogP contribution in [0.2, 0.25) is 5.02 Å². The molecule has 24 heavy (non-hydrogen) atoms. The molecule has 0 radical (unpaired) electrons. The molecule has 2 N–H and O–H groups in total. The van der Waals surface area contributed by atoms with Crippen molar-refractivity contribution in [3.05, 3.63) is 59.4 Å². The summed E-state index contributed by atoms with van der Waals surface area (Å²) in [5, 5.41) is 16.6. The first-order valence-corrected chi connectivity index (χ1v) is 8.77. The van der Waals surface area contributed by atoms with E-state index in [4.69, 9.17) is 11.6 Å². The lowest BCUT2D eigenvalue weighted by atomic mass is 9.79. The number of hydrogen-bond acceptors (Lipinski definition) is 3. The largest absolute Gasteiger partial charge is 0.409 e. The van der Waals surface area contributed by atoms with Gasteiger partial charge >= 0.3 is 0 Å². The average molecular weight is 344 g/mol. The molecule has 0 amide bonds. The molecular formula is C19H22ClN3O. The van der Waals surface area contributed by atoms with Gasteiger partial charge in [0.25, 0.3) is 0 Å². The predicted octanol–water partition coefficient (Wildman–Crippen LogP) is 5.30. The van der Waals surface area contributed by atoms with Crippen LogP contribution in [0, 0.1) is 5.92 Å². The number of pyridine rings is 1. The highest BCUT2D eigenvalue weighted by Gasteiger charge is 2.24. The number of hydrogen-bond donors (Lipinski definition) is 2. The number of amidine groups is 1. The highest BCUT2D eigenvalue weighted by atomic mass is 35.5. The molecule has 0 bridgehead atoms. The van der Waals surface area contributed by atoms with Gasteiger partial charge < -0.3 is 10.5 Å². The molecule has 1 aromatic carbocycles. The maximum Gasteiger partial charge on any atom is 0.146 e. The summed E-state index contributed by atoms with van der Waals surface area (Å²) < 4.78 is 0. The van der Waals surface area contributed by atoms with Crippen LogP contribution in [0.1, 0.15) is 43.7 Å². The van der Waals surface area contributed by atoms with Crippen molar-refractivity contribution in [2.45, 2.75) is 38.0 Å². The molecule has 126 valence electrons. The fraction of sp³-hybridized carbons (Fsp3) is 0.368.